The van der Waals surface area contributed by atoms with Crippen molar-refractivity contribution in [2.24, 2.45) is 0 Å². The number of anilines is 3. The van der Waals surface area contributed by atoms with E-state index in [4.69, 9.17) is 0 Å². The van der Waals surface area contributed by atoms with Crippen LogP contribution < -0.4 is 26.0 Å². The Hall–Kier alpha value is -3.97. The molecule has 9 nitrogen and oxygen atoms in total. The van der Waals surface area contributed by atoms with Crippen LogP contribution in [0.2, 0.25) is 0 Å². The Morgan fingerprint density at radius 3 is 2.54 bits per heavy atom. The Bertz CT molecular complexity index is 1490. The van der Waals surface area contributed by atoms with E-state index in [9.17, 15) is 22.8 Å². The van der Waals surface area contributed by atoms with Gasteiger partial charge in [-0.05, 0) is 38.2 Å². The van der Waals surface area contributed by atoms with E-state index in [0.29, 0.717) is 42.9 Å². The zero-order chi connectivity index (χ0) is 29.3. The second kappa shape index (κ2) is 11.5. The summed E-state index contributed by atoms with van der Waals surface area (Å²) < 4.78 is 56.8. The highest BCUT2D eigenvalue weighted by molar-refractivity contribution is 6.07. The first kappa shape index (κ1) is 28.6. The summed E-state index contributed by atoms with van der Waals surface area (Å²) in [5.41, 5.74) is -2.19. The molecule has 0 saturated carbocycles. The predicted molar refractivity (Wildman–Crippen MR) is 149 cm³/mol. The summed E-state index contributed by atoms with van der Waals surface area (Å²) in [5, 5.41) is 5.84. The molecule has 0 spiro atoms. The number of hydrogen-bond acceptors (Lipinski definition) is 7. The van der Waals surface area contributed by atoms with E-state index in [1.807, 2.05) is 24.9 Å². The van der Waals surface area contributed by atoms with Gasteiger partial charge in [-0.1, -0.05) is 6.07 Å². The molecule has 2 aromatic heterocycles. The van der Waals surface area contributed by atoms with Crippen molar-refractivity contribution in [3.8, 4) is 11.3 Å². The number of carbonyl (C=O) groups is 1. The van der Waals surface area contributed by atoms with Crippen molar-refractivity contribution in [2.45, 2.75) is 19.1 Å². The van der Waals surface area contributed by atoms with Crippen LogP contribution in [0.3, 0.4) is 0 Å². The van der Waals surface area contributed by atoms with Gasteiger partial charge >= 0.3 is 6.18 Å². The lowest BCUT2D eigenvalue weighted by Gasteiger charge is -2.39. The first-order valence-corrected chi connectivity index (χ1v) is 13.3. The highest BCUT2D eigenvalue weighted by Gasteiger charge is 2.36. The van der Waals surface area contributed by atoms with Crippen molar-refractivity contribution in [1.82, 2.24) is 20.2 Å². The van der Waals surface area contributed by atoms with Gasteiger partial charge in [0.05, 0.1) is 28.2 Å². The minimum atomic E-state index is -4.93. The number of pyridine rings is 2. The van der Waals surface area contributed by atoms with Gasteiger partial charge < -0.3 is 30.3 Å². The number of benzene rings is 1. The molecule has 41 heavy (non-hydrogen) atoms. The third kappa shape index (κ3) is 6.20. The monoisotopic (exact) mass is 573 g/mol. The van der Waals surface area contributed by atoms with Gasteiger partial charge in [0.2, 0.25) is 5.56 Å². The molecule has 2 aliphatic heterocycles. The Morgan fingerprint density at radius 1 is 1.07 bits per heavy atom. The van der Waals surface area contributed by atoms with Crippen LogP contribution in [0.25, 0.3) is 11.3 Å². The molecular formula is C28H31F4N7O2. The second-order valence-electron chi connectivity index (χ2n) is 10.3. The molecular weight excluding hydrogens is 542 g/mol. The topological polar surface area (TPSA) is 96.6 Å². The number of rotatable bonds is 5. The summed E-state index contributed by atoms with van der Waals surface area (Å²) in [6.45, 7) is 6.77. The summed E-state index contributed by atoms with van der Waals surface area (Å²) >= 11 is 0. The van der Waals surface area contributed by atoms with E-state index in [1.165, 1.54) is 12.1 Å². The van der Waals surface area contributed by atoms with Crippen molar-refractivity contribution < 1.29 is 22.4 Å². The molecule has 218 valence electrons. The number of H-pyrrole nitrogens is 1. The average Bonchev–Trinajstić information content (AvgIpc) is 2.95. The van der Waals surface area contributed by atoms with Crippen LogP contribution in [0.5, 0.6) is 0 Å². The van der Waals surface area contributed by atoms with Crippen LogP contribution >= 0.6 is 0 Å². The van der Waals surface area contributed by atoms with E-state index in [-0.39, 0.29) is 17.3 Å². The standard InChI is InChI=1S/C28H31F4N7O2/c1-17-16-39(11-10-37(17)2)24-14-21(29)18(22-4-3-5-25(35-22)38-8-6-33-7-9-38)12-23(24)36-27(41)19-15-34-26(40)13-20(19)28(30,31)32/h3-5,12-15,17,33H,6-11,16H2,1-2H3,(H,34,40)(H,36,41). The van der Waals surface area contributed by atoms with Gasteiger partial charge in [-0.25, -0.2) is 9.37 Å². The van der Waals surface area contributed by atoms with Gasteiger partial charge in [0.25, 0.3) is 5.91 Å². The smallest absolute Gasteiger partial charge is 0.367 e. The normalized spacial score (nSPS) is 18.4. The first-order valence-electron chi connectivity index (χ1n) is 13.3. The summed E-state index contributed by atoms with van der Waals surface area (Å²) in [5.74, 6) is -0.985. The lowest BCUT2D eigenvalue weighted by atomic mass is 10.0. The number of nitrogens with one attached hydrogen (secondary N) is 3. The summed E-state index contributed by atoms with van der Waals surface area (Å²) in [6.07, 6.45) is -4.19. The zero-order valence-electron chi connectivity index (χ0n) is 22.7. The van der Waals surface area contributed by atoms with Gasteiger partial charge in [-0.3, -0.25) is 9.59 Å². The molecule has 3 aromatic rings. The molecule has 1 amide bonds. The van der Waals surface area contributed by atoms with Crippen LogP contribution in [0.1, 0.15) is 22.8 Å². The third-order valence-electron chi connectivity index (χ3n) is 7.56. The predicted octanol–water partition coefficient (Wildman–Crippen LogP) is 3.40. The molecule has 0 radical (unpaired) electrons. The quantitative estimate of drug-likeness (QED) is 0.403. The minimum Gasteiger partial charge on any atom is -0.367 e. The van der Waals surface area contributed by atoms with Crippen molar-refractivity contribution >= 4 is 23.1 Å². The van der Waals surface area contributed by atoms with Crippen LogP contribution in [0, 0.1) is 5.82 Å². The SMILES string of the molecule is CC1CN(c2cc(F)c(-c3cccc(N4CCNCC4)n3)cc2NC(=O)c2c[nH]c(=O)cc2C(F)(F)F)CCN1C. The Morgan fingerprint density at radius 2 is 1.83 bits per heavy atom. The number of hydrogen-bond donors (Lipinski definition) is 3. The summed E-state index contributed by atoms with van der Waals surface area (Å²) in [7, 11) is 1.97. The Kier molecular flexibility index (Phi) is 8.00. The molecule has 4 heterocycles. The summed E-state index contributed by atoms with van der Waals surface area (Å²) in [6, 6.07) is 8.42. The van der Waals surface area contributed by atoms with Crippen LogP contribution in [-0.2, 0) is 6.18 Å². The van der Waals surface area contributed by atoms with E-state index < -0.39 is 34.6 Å². The maximum atomic E-state index is 15.7. The number of halogens is 4. The molecule has 0 aliphatic carbocycles. The fourth-order valence-electron chi connectivity index (χ4n) is 5.11. The number of nitrogens with zero attached hydrogens (tertiary/aromatic N) is 4. The molecule has 1 atom stereocenters. The number of carbonyl (C=O) groups excluding carboxylic acids is 1. The molecule has 2 aliphatic rings. The van der Waals surface area contributed by atoms with E-state index in [0.717, 1.165) is 32.4 Å². The third-order valence-corrected chi connectivity index (χ3v) is 7.56. The number of likely N-dealkylation sites (N-methyl/N-ethyl adjacent to an activating group) is 1. The number of aromatic amines is 1. The Balaban J connectivity index is 1.56. The zero-order valence-corrected chi connectivity index (χ0v) is 22.7. The van der Waals surface area contributed by atoms with Gasteiger partial charge in [0.15, 0.2) is 0 Å². The maximum Gasteiger partial charge on any atom is 0.417 e. The maximum absolute atomic E-state index is 15.7. The van der Waals surface area contributed by atoms with Crippen molar-refractivity contribution in [3.63, 3.8) is 0 Å². The molecule has 2 saturated heterocycles. The number of piperazine rings is 2. The number of aromatic nitrogens is 2. The van der Waals surface area contributed by atoms with E-state index in [2.05, 4.69) is 30.4 Å². The second-order valence-corrected chi connectivity index (χ2v) is 10.3. The number of alkyl halides is 3. The fourth-order valence-corrected chi connectivity index (χ4v) is 5.11. The molecule has 1 unspecified atom stereocenters. The largest absolute Gasteiger partial charge is 0.417 e. The number of amides is 1. The summed E-state index contributed by atoms with van der Waals surface area (Å²) in [4.78, 5) is 37.8. The van der Waals surface area contributed by atoms with Gasteiger partial charge in [0, 0.05) is 69.7 Å². The highest BCUT2D eigenvalue weighted by atomic mass is 19.4. The van der Waals surface area contributed by atoms with Crippen LogP contribution in [0.15, 0.2) is 47.4 Å². The fraction of sp³-hybridized carbons (Fsp3) is 0.393. The minimum absolute atomic E-state index is 0.0979. The molecule has 5 rings (SSSR count). The van der Waals surface area contributed by atoms with Crippen molar-refractivity contribution in [1.29, 1.82) is 0 Å². The average molecular weight is 574 g/mol. The van der Waals surface area contributed by atoms with Crippen molar-refractivity contribution in [3.05, 3.63) is 69.9 Å². The molecule has 0 bridgehead atoms. The van der Waals surface area contributed by atoms with Crippen LogP contribution in [0.4, 0.5) is 34.8 Å². The highest BCUT2D eigenvalue weighted by Crippen LogP contribution is 2.37. The van der Waals surface area contributed by atoms with Gasteiger partial charge in [-0.2, -0.15) is 13.2 Å². The van der Waals surface area contributed by atoms with E-state index in [1.54, 1.807) is 12.1 Å². The molecule has 1 aromatic carbocycles. The van der Waals surface area contributed by atoms with Gasteiger partial charge in [0.1, 0.15) is 11.6 Å². The van der Waals surface area contributed by atoms with Gasteiger partial charge in [-0.15, -0.1) is 0 Å². The lowest BCUT2D eigenvalue weighted by Crippen LogP contribution is -2.50. The molecule has 3 N–H and O–H groups in total. The van der Waals surface area contributed by atoms with E-state index >= 15 is 4.39 Å². The van der Waals surface area contributed by atoms with Crippen molar-refractivity contribution in [2.75, 3.05) is 68.0 Å². The first-order chi connectivity index (χ1) is 19.5. The molecule has 2 fully saturated rings. The van der Waals surface area contributed by atoms with Crippen LogP contribution in [-0.4, -0.2) is 79.7 Å². The Labute approximate surface area is 234 Å². The lowest BCUT2D eigenvalue weighted by molar-refractivity contribution is -0.138. The molecule has 13 heteroatoms.